The van der Waals surface area contributed by atoms with E-state index in [1.54, 1.807) is 29.1 Å². The highest BCUT2D eigenvalue weighted by Gasteiger charge is 2.34. The van der Waals surface area contributed by atoms with Crippen LogP contribution in [0.3, 0.4) is 0 Å². The Labute approximate surface area is 231 Å². The van der Waals surface area contributed by atoms with E-state index in [9.17, 15) is 14.4 Å². The van der Waals surface area contributed by atoms with E-state index < -0.39 is 29.7 Å². The van der Waals surface area contributed by atoms with Crippen LogP contribution >= 0.6 is 0 Å². The number of nitrogens with zero attached hydrogens (tertiary/aromatic N) is 9. The molecule has 212 valence electrons. The van der Waals surface area contributed by atoms with Gasteiger partial charge in [-0.2, -0.15) is 0 Å². The molecular formula is C25H24F2N10O4. The van der Waals surface area contributed by atoms with Gasteiger partial charge in [-0.3, -0.25) is 18.9 Å². The summed E-state index contributed by atoms with van der Waals surface area (Å²) in [5, 5.41) is 10.1. The number of anilines is 2. The smallest absolute Gasteiger partial charge is 0.414 e. The first-order valence-corrected chi connectivity index (χ1v) is 12.8. The Hall–Kier alpha value is -5.15. The Morgan fingerprint density at radius 3 is 2.56 bits per heavy atom. The van der Waals surface area contributed by atoms with Gasteiger partial charge in [0.1, 0.15) is 17.5 Å². The minimum Gasteiger partial charge on any atom is -0.442 e. The predicted molar refractivity (Wildman–Crippen MR) is 138 cm³/mol. The summed E-state index contributed by atoms with van der Waals surface area (Å²) < 4.78 is 38.7. The van der Waals surface area contributed by atoms with Gasteiger partial charge in [-0.1, -0.05) is 5.21 Å². The number of carbonyl (C=O) groups is 3. The second kappa shape index (κ2) is 10.8. The van der Waals surface area contributed by atoms with Crippen LogP contribution in [0.4, 0.5) is 25.0 Å². The third-order valence-corrected chi connectivity index (χ3v) is 6.87. The Morgan fingerprint density at radius 2 is 1.85 bits per heavy atom. The second-order valence-corrected chi connectivity index (χ2v) is 9.50. The molecule has 1 atom stereocenters. The maximum Gasteiger partial charge on any atom is 0.414 e. The van der Waals surface area contributed by atoms with Crippen molar-refractivity contribution in [2.45, 2.75) is 12.6 Å². The SMILES string of the molecule is O=C(NCC(=O)N1CCN(c2c(F)cc(N3C[C@H](Cn4ccnn4)OC3=O)cc2F)CC1)c1cn2cccnc2n1. The third kappa shape index (κ3) is 5.35. The molecule has 1 N–H and O–H groups in total. The molecule has 14 nitrogen and oxygen atoms in total. The number of imidazole rings is 1. The molecule has 0 bridgehead atoms. The van der Waals surface area contributed by atoms with E-state index in [-0.39, 0.29) is 68.8 Å². The van der Waals surface area contributed by atoms with E-state index in [1.807, 2.05) is 0 Å². The van der Waals surface area contributed by atoms with Crippen molar-refractivity contribution < 1.29 is 27.9 Å². The lowest BCUT2D eigenvalue weighted by molar-refractivity contribution is -0.130. The zero-order valence-corrected chi connectivity index (χ0v) is 21.6. The summed E-state index contributed by atoms with van der Waals surface area (Å²) in [5.41, 5.74) is -0.0641. The van der Waals surface area contributed by atoms with Crippen molar-refractivity contribution in [1.29, 1.82) is 0 Å². The van der Waals surface area contributed by atoms with Crippen molar-refractivity contribution in [2.24, 2.45) is 0 Å². The number of benzene rings is 1. The molecule has 0 radical (unpaired) electrons. The lowest BCUT2D eigenvalue weighted by atomic mass is 10.2. The van der Waals surface area contributed by atoms with Crippen LogP contribution in [0.2, 0.25) is 0 Å². The maximum atomic E-state index is 15.2. The number of cyclic esters (lactones) is 1. The average molecular weight is 567 g/mol. The molecule has 3 aromatic heterocycles. The van der Waals surface area contributed by atoms with Crippen molar-refractivity contribution in [3.8, 4) is 0 Å². The number of hydrogen-bond donors (Lipinski definition) is 1. The van der Waals surface area contributed by atoms with E-state index in [1.165, 1.54) is 31.8 Å². The van der Waals surface area contributed by atoms with Crippen LogP contribution in [0.5, 0.6) is 0 Å². The standard InChI is InChI=1S/C25H24F2N10O4/c26-18-10-16(37-14-17(41-25(37)40)13-36-5-3-30-32-36)11-19(27)22(18)34-8-6-33(7-9-34)21(38)12-29-23(39)20-15-35-4-1-2-28-24(35)31-20/h1-5,10-11,15,17H,6-9,12-14H2,(H,29,39)/t17-/m0/s1. The highest BCUT2D eigenvalue weighted by atomic mass is 19.1. The van der Waals surface area contributed by atoms with Gasteiger partial charge in [0.15, 0.2) is 11.6 Å². The molecule has 0 unspecified atom stereocenters. The van der Waals surface area contributed by atoms with Crippen LogP contribution < -0.4 is 15.1 Å². The minimum absolute atomic E-state index is 0.0424. The zero-order chi connectivity index (χ0) is 28.5. The van der Waals surface area contributed by atoms with E-state index in [0.717, 1.165) is 12.1 Å². The number of amides is 3. The van der Waals surface area contributed by atoms with Crippen LogP contribution in [-0.4, -0.2) is 97.5 Å². The molecule has 5 heterocycles. The van der Waals surface area contributed by atoms with Gasteiger partial charge >= 0.3 is 6.09 Å². The first kappa shape index (κ1) is 26.1. The predicted octanol–water partition coefficient (Wildman–Crippen LogP) is 0.703. The Morgan fingerprint density at radius 1 is 1.07 bits per heavy atom. The van der Waals surface area contributed by atoms with Gasteiger partial charge < -0.3 is 19.9 Å². The number of ether oxygens (including phenoxy) is 1. The molecule has 1 aromatic carbocycles. The highest BCUT2D eigenvalue weighted by molar-refractivity contribution is 5.95. The van der Waals surface area contributed by atoms with Crippen molar-refractivity contribution >= 4 is 35.1 Å². The molecule has 2 saturated heterocycles. The van der Waals surface area contributed by atoms with Crippen LogP contribution in [0.15, 0.2) is 49.2 Å². The lowest BCUT2D eigenvalue weighted by Crippen LogP contribution is -2.51. The summed E-state index contributed by atoms with van der Waals surface area (Å²) in [6.07, 6.45) is 6.62. The quantitative estimate of drug-likeness (QED) is 0.342. The van der Waals surface area contributed by atoms with E-state index in [4.69, 9.17) is 4.74 Å². The summed E-state index contributed by atoms with van der Waals surface area (Å²) in [6.45, 7) is 0.874. The van der Waals surface area contributed by atoms with Gasteiger partial charge in [0.2, 0.25) is 11.7 Å². The number of aromatic nitrogens is 6. The number of halogens is 2. The number of hydrogen-bond acceptors (Lipinski definition) is 9. The average Bonchev–Trinajstić information content (AvgIpc) is 3.72. The van der Waals surface area contributed by atoms with Crippen molar-refractivity contribution in [2.75, 3.05) is 49.1 Å². The monoisotopic (exact) mass is 566 g/mol. The van der Waals surface area contributed by atoms with E-state index >= 15 is 8.78 Å². The van der Waals surface area contributed by atoms with E-state index in [0.29, 0.717) is 5.78 Å². The Kier molecular flexibility index (Phi) is 6.86. The topological polar surface area (TPSA) is 143 Å². The van der Waals surface area contributed by atoms with Gasteiger partial charge in [-0.25, -0.2) is 28.2 Å². The van der Waals surface area contributed by atoms with Crippen molar-refractivity contribution in [3.05, 3.63) is 66.5 Å². The highest BCUT2D eigenvalue weighted by Crippen LogP contribution is 2.31. The molecule has 2 fully saturated rings. The molecular weight excluding hydrogens is 542 g/mol. The largest absolute Gasteiger partial charge is 0.442 e. The molecule has 0 aliphatic carbocycles. The summed E-state index contributed by atoms with van der Waals surface area (Å²) in [7, 11) is 0. The molecule has 41 heavy (non-hydrogen) atoms. The van der Waals surface area contributed by atoms with Crippen LogP contribution in [0.25, 0.3) is 5.78 Å². The molecule has 2 aliphatic heterocycles. The molecule has 0 saturated carbocycles. The van der Waals surface area contributed by atoms with Gasteiger partial charge in [0.25, 0.3) is 5.91 Å². The molecule has 0 spiro atoms. The van der Waals surface area contributed by atoms with Crippen molar-refractivity contribution in [3.63, 3.8) is 0 Å². The summed E-state index contributed by atoms with van der Waals surface area (Å²) in [5.74, 6) is -2.15. The van der Waals surface area contributed by atoms with Crippen LogP contribution in [-0.2, 0) is 16.1 Å². The molecule has 2 aliphatic rings. The summed E-state index contributed by atoms with van der Waals surface area (Å²) in [4.78, 5) is 49.9. The zero-order valence-electron chi connectivity index (χ0n) is 21.6. The Bertz CT molecular complexity index is 1550. The fourth-order valence-electron chi connectivity index (χ4n) is 4.85. The summed E-state index contributed by atoms with van der Waals surface area (Å²) >= 11 is 0. The molecule has 4 aromatic rings. The van der Waals surface area contributed by atoms with Gasteiger partial charge in [-0.15, -0.1) is 5.10 Å². The maximum absolute atomic E-state index is 15.2. The minimum atomic E-state index is -0.832. The first-order valence-electron chi connectivity index (χ1n) is 12.8. The number of rotatable bonds is 7. The molecule has 6 rings (SSSR count). The third-order valence-electron chi connectivity index (χ3n) is 6.87. The van der Waals surface area contributed by atoms with Crippen molar-refractivity contribution in [1.82, 2.24) is 39.6 Å². The van der Waals surface area contributed by atoms with Crippen LogP contribution in [0, 0.1) is 11.6 Å². The van der Waals surface area contributed by atoms with Gasteiger partial charge in [0.05, 0.1) is 31.5 Å². The molecule has 16 heteroatoms. The van der Waals surface area contributed by atoms with Gasteiger partial charge in [-0.05, 0) is 6.07 Å². The number of fused-ring (bicyclic) bond motifs is 1. The first-order chi connectivity index (χ1) is 19.9. The summed E-state index contributed by atoms with van der Waals surface area (Å²) in [6, 6.07) is 3.89. The number of piperazine rings is 1. The van der Waals surface area contributed by atoms with Gasteiger partial charge in [0, 0.05) is 63.1 Å². The van der Waals surface area contributed by atoms with Crippen LogP contribution in [0.1, 0.15) is 10.5 Å². The van der Waals surface area contributed by atoms with E-state index in [2.05, 4.69) is 25.6 Å². The Balaban J connectivity index is 1.03. The fraction of sp³-hybridized carbons (Fsp3) is 0.320. The fourth-order valence-corrected chi connectivity index (χ4v) is 4.85. The normalized spacial score (nSPS) is 17.3. The second-order valence-electron chi connectivity index (χ2n) is 9.50. The number of carbonyl (C=O) groups excluding carboxylic acids is 3. The number of nitrogens with one attached hydrogen (secondary N) is 1. The lowest BCUT2D eigenvalue weighted by Gasteiger charge is -2.36. The molecule has 3 amide bonds.